The molecule has 0 heterocycles. The van der Waals surface area contributed by atoms with Crippen LogP contribution in [0, 0.1) is 5.92 Å². The molecule has 0 saturated heterocycles. The molecule has 19 heavy (non-hydrogen) atoms. The highest BCUT2D eigenvalue weighted by atomic mass is 35.5. The smallest absolute Gasteiger partial charge is 0.234 e. The summed E-state index contributed by atoms with van der Waals surface area (Å²) in [4.78, 5) is 11.4. The van der Waals surface area contributed by atoms with Crippen molar-refractivity contribution in [2.24, 2.45) is 11.7 Å². The maximum Gasteiger partial charge on any atom is 0.234 e. The van der Waals surface area contributed by atoms with Crippen LogP contribution in [-0.2, 0) is 4.79 Å². The number of hydrogen-bond acceptors (Lipinski definition) is 2. The highest BCUT2D eigenvalue weighted by Gasteiger charge is 2.17. The highest BCUT2D eigenvalue weighted by Crippen LogP contribution is 2.23. The minimum absolute atomic E-state index is 0. The van der Waals surface area contributed by atoms with E-state index in [0.29, 0.717) is 11.8 Å². The van der Waals surface area contributed by atoms with Gasteiger partial charge >= 0.3 is 0 Å². The van der Waals surface area contributed by atoms with Gasteiger partial charge in [0.2, 0.25) is 5.91 Å². The van der Waals surface area contributed by atoms with Crippen LogP contribution in [0.15, 0.2) is 24.3 Å². The molecule has 1 atom stereocenters. The van der Waals surface area contributed by atoms with E-state index in [0.717, 1.165) is 5.56 Å². The quantitative estimate of drug-likeness (QED) is 0.873. The van der Waals surface area contributed by atoms with Crippen molar-refractivity contribution in [2.75, 3.05) is 6.54 Å². The van der Waals surface area contributed by atoms with Crippen LogP contribution in [0.5, 0.6) is 0 Å². The third kappa shape index (κ3) is 5.21. The van der Waals surface area contributed by atoms with Gasteiger partial charge in [0.1, 0.15) is 0 Å². The number of amides is 1. The first-order valence-corrected chi connectivity index (χ1v) is 6.55. The molecule has 3 N–H and O–H groups in total. The van der Waals surface area contributed by atoms with Crippen molar-refractivity contribution in [3.8, 4) is 0 Å². The summed E-state index contributed by atoms with van der Waals surface area (Å²) in [6.07, 6.45) is 0. The Morgan fingerprint density at radius 1 is 1.11 bits per heavy atom. The summed E-state index contributed by atoms with van der Waals surface area (Å²) < 4.78 is 0. The van der Waals surface area contributed by atoms with Gasteiger partial charge in [-0.15, -0.1) is 12.4 Å². The van der Waals surface area contributed by atoms with E-state index in [1.54, 1.807) is 0 Å². The molecule has 1 unspecified atom stereocenters. The van der Waals surface area contributed by atoms with Gasteiger partial charge in [-0.3, -0.25) is 4.79 Å². The Morgan fingerprint density at radius 3 is 1.95 bits per heavy atom. The molecule has 0 saturated carbocycles. The molecule has 0 aliphatic carbocycles. The van der Waals surface area contributed by atoms with Crippen molar-refractivity contribution in [2.45, 2.75) is 39.7 Å². The summed E-state index contributed by atoms with van der Waals surface area (Å²) in [6.45, 7) is 8.57. The zero-order chi connectivity index (χ0) is 13.7. The Morgan fingerprint density at radius 2 is 1.58 bits per heavy atom. The first-order chi connectivity index (χ1) is 8.45. The Hall–Kier alpha value is -1.06. The predicted molar refractivity (Wildman–Crippen MR) is 82.6 cm³/mol. The molecule has 1 aromatic rings. The monoisotopic (exact) mass is 284 g/mol. The second-order valence-corrected chi connectivity index (χ2v) is 5.31. The zero-order valence-corrected chi connectivity index (χ0v) is 13.0. The molecule has 1 aromatic carbocycles. The molecule has 0 radical (unpaired) electrons. The van der Waals surface area contributed by atoms with Gasteiger partial charge in [-0.2, -0.15) is 0 Å². The molecular weight excluding hydrogens is 260 g/mol. The lowest BCUT2D eigenvalue weighted by Gasteiger charge is -2.23. The normalized spacial score (nSPS) is 12.2. The van der Waals surface area contributed by atoms with Crippen molar-refractivity contribution < 1.29 is 4.79 Å². The van der Waals surface area contributed by atoms with E-state index in [-0.39, 0.29) is 30.9 Å². The van der Waals surface area contributed by atoms with E-state index < -0.39 is 0 Å². The molecular formula is C15H25ClN2O. The Bertz CT molecular complexity index is 388. The summed E-state index contributed by atoms with van der Waals surface area (Å²) in [7, 11) is 0. The summed E-state index contributed by atoms with van der Waals surface area (Å²) in [5, 5.41) is 2.97. The van der Waals surface area contributed by atoms with Crippen LogP contribution in [0.2, 0.25) is 0 Å². The van der Waals surface area contributed by atoms with Gasteiger partial charge in [-0.25, -0.2) is 0 Å². The molecule has 0 spiro atoms. The van der Waals surface area contributed by atoms with Crippen LogP contribution in [0.4, 0.5) is 0 Å². The molecule has 1 rings (SSSR count). The third-order valence-electron chi connectivity index (χ3n) is 3.13. The average molecular weight is 285 g/mol. The topological polar surface area (TPSA) is 55.1 Å². The maximum atomic E-state index is 11.4. The zero-order valence-electron chi connectivity index (χ0n) is 12.1. The van der Waals surface area contributed by atoms with Gasteiger partial charge in [-0.05, 0) is 23.0 Å². The first kappa shape index (κ1) is 17.9. The number of nitrogens with one attached hydrogen (secondary N) is 1. The van der Waals surface area contributed by atoms with Crippen molar-refractivity contribution in [3.63, 3.8) is 0 Å². The summed E-state index contributed by atoms with van der Waals surface area (Å²) in [6, 6.07) is 8.48. The van der Waals surface area contributed by atoms with Crippen molar-refractivity contribution in [1.29, 1.82) is 0 Å². The minimum atomic E-state index is -0.110. The Balaban J connectivity index is 0.00000324. The average Bonchev–Trinajstić information content (AvgIpc) is 2.35. The SMILES string of the molecule is CC(C)c1ccc(C(NC(=O)CN)C(C)C)cc1.Cl. The standard InChI is InChI=1S/C15H24N2O.ClH/c1-10(2)12-5-7-13(8-6-12)15(11(3)4)17-14(18)9-16;/h5-8,10-11,15H,9,16H2,1-4H3,(H,17,18);1H. The first-order valence-electron chi connectivity index (χ1n) is 6.55. The second kappa shape index (κ2) is 8.18. The molecule has 0 fully saturated rings. The predicted octanol–water partition coefficient (Wildman–Crippen LogP) is 3.00. The molecule has 108 valence electrons. The molecule has 3 nitrogen and oxygen atoms in total. The number of nitrogens with two attached hydrogens (primary N) is 1. The van der Waals surface area contributed by atoms with E-state index in [4.69, 9.17) is 5.73 Å². The van der Waals surface area contributed by atoms with Gasteiger partial charge in [0, 0.05) is 0 Å². The fourth-order valence-electron chi connectivity index (χ4n) is 1.96. The van der Waals surface area contributed by atoms with Gasteiger partial charge in [-0.1, -0.05) is 52.0 Å². The fraction of sp³-hybridized carbons (Fsp3) is 0.533. The molecule has 0 aliphatic heterocycles. The lowest BCUT2D eigenvalue weighted by molar-refractivity contribution is -0.120. The van der Waals surface area contributed by atoms with Gasteiger partial charge < -0.3 is 11.1 Å². The van der Waals surface area contributed by atoms with E-state index in [9.17, 15) is 4.79 Å². The molecule has 0 aromatic heterocycles. The summed E-state index contributed by atoms with van der Waals surface area (Å²) in [5.74, 6) is 0.752. The molecule has 0 aliphatic rings. The van der Waals surface area contributed by atoms with E-state index >= 15 is 0 Å². The van der Waals surface area contributed by atoms with Gasteiger partial charge in [0.15, 0.2) is 0 Å². The fourth-order valence-corrected chi connectivity index (χ4v) is 1.96. The van der Waals surface area contributed by atoms with Crippen LogP contribution in [0.25, 0.3) is 0 Å². The van der Waals surface area contributed by atoms with E-state index in [2.05, 4.69) is 57.3 Å². The Kier molecular flexibility index (Phi) is 7.72. The lowest BCUT2D eigenvalue weighted by atomic mass is 9.93. The van der Waals surface area contributed by atoms with Gasteiger partial charge in [0.05, 0.1) is 12.6 Å². The molecule has 1 amide bonds. The largest absolute Gasteiger partial charge is 0.348 e. The number of benzene rings is 1. The minimum Gasteiger partial charge on any atom is -0.348 e. The number of carbonyl (C=O) groups is 1. The number of halogens is 1. The maximum absolute atomic E-state index is 11.4. The van der Waals surface area contributed by atoms with Crippen LogP contribution < -0.4 is 11.1 Å². The van der Waals surface area contributed by atoms with Gasteiger partial charge in [0.25, 0.3) is 0 Å². The second-order valence-electron chi connectivity index (χ2n) is 5.31. The third-order valence-corrected chi connectivity index (χ3v) is 3.13. The van der Waals surface area contributed by atoms with Crippen LogP contribution in [0.1, 0.15) is 50.8 Å². The highest BCUT2D eigenvalue weighted by molar-refractivity contribution is 5.85. The molecule has 0 bridgehead atoms. The van der Waals surface area contributed by atoms with Crippen molar-refractivity contribution in [1.82, 2.24) is 5.32 Å². The Labute approximate surface area is 122 Å². The summed E-state index contributed by atoms with van der Waals surface area (Å²) in [5.41, 5.74) is 7.80. The van der Waals surface area contributed by atoms with Crippen molar-refractivity contribution in [3.05, 3.63) is 35.4 Å². The van der Waals surface area contributed by atoms with Crippen molar-refractivity contribution >= 4 is 18.3 Å². The molecule has 4 heteroatoms. The van der Waals surface area contributed by atoms with Crippen LogP contribution >= 0.6 is 12.4 Å². The number of hydrogen-bond donors (Lipinski definition) is 2. The number of carbonyl (C=O) groups excluding carboxylic acids is 1. The lowest BCUT2D eigenvalue weighted by Crippen LogP contribution is -2.36. The summed E-state index contributed by atoms with van der Waals surface area (Å²) >= 11 is 0. The van der Waals surface area contributed by atoms with E-state index in [1.807, 2.05) is 0 Å². The van der Waals surface area contributed by atoms with Crippen LogP contribution in [-0.4, -0.2) is 12.5 Å². The van der Waals surface area contributed by atoms with E-state index in [1.165, 1.54) is 5.56 Å². The van der Waals surface area contributed by atoms with Crippen LogP contribution in [0.3, 0.4) is 0 Å². The number of rotatable bonds is 5.